The number of para-hydroxylation sites is 1. The molecule has 21 heavy (non-hydrogen) atoms. The van der Waals surface area contributed by atoms with Gasteiger partial charge in [-0.15, -0.1) is 24.0 Å². The maximum atomic E-state index is 4.61. The first-order valence-corrected chi connectivity index (χ1v) is 7.63. The molecule has 0 aromatic heterocycles. The largest absolute Gasteiger partial charge is 0.385 e. The Bertz CT molecular complexity index is 422. The van der Waals surface area contributed by atoms with Gasteiger partial charge in [0.05, 0.1) is 0 Å². The van der Waals surface area contributed by atoms with Crippen LogP contribution in [0.2, 0.25) is 0 Å². The average Bonchev–Trinajstić information content (AvgIpc) is 3.15. The van der Waals surface area contributed by atoms with Gasteiger partial charge in [0.1, 0.15) is 0 Å². The van der Waals surface area contributed by atoms with Crippen molar-refractivity contribution in [2.75, 3.05) is 25.0 Å². The molecule has 0 spiro atoms. The zero-order valence-electron chi connectivity index (χ0n) is 12.9. The molecule has 1 aromatic rings. The van der Waals surface area contributed by atoms with E-state index in [0.717, 1.165) is 37.9 Å². The molecule has 5 heteroatoms. The molecule has 3 N–H and O–H groups in total. The van der Waals surface area contributed by atoms with Crippen molar-refractivity contribution in [1.82, 2.24) is 10.6 Å². The molecule has 1 aromatic carbocycles. The van der Waals surface area contributed by atoms with Gasteiger partial charge in [-0.3, -0.25) is 4.99 Å². The van der Waals surface area contributed by atoms with Gasteiger partial charge in [0, 0.05) is 31.4 Å². The third kappa shape index (κ3) is 7.02. The van der Waals surface area contributed by atoms with Gasteiger partial charge in [-0.05, 0) is 37.8 Å². The number of guanidine groups is 1. The molecule has 4 nitrogen and oxygen atoms in total. The van der Waals surface area contributed by atoms with Crippen LogP contribution in [-0.4, -0.2) is 31.6 Å². The molecule has 2 rings (SSSR count). The van der Waals surface area contributed by atoms with Crippen LogP contribution in [-0.2, 0) is 0 Å². The first-order valence-electron chi connectivity index (χ1n) is 7.63. The summed E-state index contributed by atoms with van der Waals surface area (Å²) in [5.74, 6) is 1.75. The van der Waals surface area contributed by atoms with E-state index in [1.807, 2.05) is 18.2 Å². The van der Waals surface area contributed by atoms with Gasteiger partial charge >= 0.3 is 0 Å². The molecular formula is C16H27IN4. The van der Waals surface area contributed by atoms with Gasteiger partial charge in [0.2, 0.25) is 0 Å². The minimum Gasteiger partial charge on any atom is -0.385 e. The topological polar surface area (TPSA) is 48.5 Å². The number of nitrogens with one attached hydrogen (secondary N) is 3. The summed E-state index contributed by atoms with van der Waals surface area (Å²) in [6.45, 7) is 7.08. The summed E-state index contributed by atoms with van der Waals surface area (Å²) in [7, 11) is 0. The molecule has 118 valence electrons. The van der Waals surface area contributed by atoms with E-state index in [1.165, 1.54) is 12.1 Å². The molecule has 0 aliphatic heterocycles. The predicted molar refractivity (Wildman–Crippen MR) is 102 cm³/mol. The van der Waals surface area contributed by atoms with Crippen molar-refractivity contribution in [2.45, 2.75) is 32.7 Å². The van der Waals surface area contributed by atoms with E-state index in [4.69, 9.17) is 0 Å². The molecule has 2 unspecified atom stereocenters. The molecular weight excluding hydrogens is 375 g/mol. The number of aliphatic imine (C=N–C) groups is 1. The number of benzene rings is 1. The van der Waals surface area contributed by atoms with Gasteiger partial charge in [-0.1, -0.05) is 25.1 Å². The summed E-state index contributed by atoms with van der Waals surface area (Å²) in [4.78, 5) is 4.61. The first kappa shape index (κ1) is 18.1. The highest BCUT2D eigenvalue weighted by Crippen LogP contribution is 2.28. The van der Waals surface area contributed by atoms with Gasteiger partial charge < -0.3 is 16.0 Å². The van der Waals surface area contributed by atoms with Gasteiger partial charge in [-0.25, -0.2) is 0 Å². The Morgan fingerprint density at radius 1 is 1.29 bits per heavy atom. The first-order chi connectivity index (χ1) is 9.79. The smallest absolute Gasteiger partial charge is 0.191 e. The van der Waals surface area contributed by atoms with Crippen LogP contribution in [0.4, 0.5) is 5.69 Å². The van der Waals surface area contributed by atoms with E-state index >= 15 is 0 Å². The minimum absolute atomic E-state index is 0. The van der Waals surface area contributed by atoms with Crippen LogP contribution in [0.25, 0.3) is 0 Å². The summed E-state index contributed by atoms with van der Waals surface area (Å²) in [6.07, 6.45) is 2.30. The molecule has 1 saturated carbocycles. The number of halogens is 1. The fraction of sp³-hybridized carbons (Fsp3) is 0.562. The normalized spacial score (nSPS) is 20.4. The fourth-order valence-electron chi connectivity index (χ4n) is 2.08. The van der Waals surface area contributed by atoms with Crippen molar-refractivity contribution in [3.63, 3.8) is 0 Å². The lowest BCUT2D eigenvalue weighted by Gasteiger charge is -2.11. The van der Waals surface area contributed by atoms with Crippen LogP contribution >= 0.6 is 24.0 Å². The van der Waals surface area contributed by atoms with Crippen LogP contribution in [0, 0.1) is 5.92 Å². The van der Waals surface area contributed by atoms with Gasteiger partial charge in [-0.2, -0.15) is 0 Å². The quantitative estimate of drug-likeness (QED) is 0.284. The number of anilines is 1. The Labute approximate surface area is 145 Å². The Morgan fingerprint density at radius 2 is 2.00 bits per heavy atom. The summed E-state index contributed by atoms with van der Waals surface area (Å²) in [5, 5.41) is 10.2. The van der Waals surface area contributed by atoms with Gasteiger partial charge in [0.25, 0.3) is 0 Å². The molecule has 0 bridgehead atoms. The second-order valence-corrected chi connectivity index (χ2v) is 5.37. The molecule has 1 aliphatic carbocycles. The number of hydrogen-bond acceptors (Lipinski definition) is 2. The van der Waals surface area contributed by atoms with Crippen molar-refractivity contribution in [3.05, 3.63) is 30.3 Å². The lowest BCUT2D eigenvalue weighted by Crippen LogP contribution is -2.39. The Hall–Kier alpha value is -0.980. The minimum atomic E-state index is 0. The summed E-state index contributed by atoms with van der Waals surface area (Å²) in [5.41, 5.74) is 1.17. The molecule has 0 saturated heterocycles. The Kier molecular flexibility index (Phi) is 8.49. The van der Waals surface area contributed by atoms with E-state index in [1.54, 1.807) is 0 Å². The lowest BCUT2D eigenvalue weighted by molar-refractivity contribution is 0.759. The standard InChI is InChI=1S/C16H26N4.HI/c1-3-17-16(20-15-12-13(15)2)19-11-7-10-18-14-8-5-4-6-9-14;/h4-6,8-9,13,15,18H,3,7,10-12H2,1-2H3,(H2,17,19,20);1H. The van der Waals surface area contributed by atoms with Crippen LogP contribution in [0.15, 0.2) is 35.3 Å². The monoisotopic (exact) mass is 402 g/mol. The van der Waals surface area contributed by atoms with E-state index in [2.05, 4.69) is 46.9 Å². The Morgan fingerprint density at radius 3 is 2.62 bits per heavy atom. The van der Waals surface area contributed by atoms with Crippen molar-refractivity contribution < 1.29 is 0 Å². The van der Waals surface area contributed by atoms with Crippen molar-refractivity contribution in [2.24, 2.45) is 10.9 Å². The molecule has 0 amide bonds. The maximum Gasteiger partial charge on any atom is 0.191 e. The molecule has 0 radical (unpaired) electrons. The number of hydrogen-bond donors (Lipinski definition) is 3. The second kappa shape index (κ2) is 9.87. The molecule has 2 atom stereocenters. The molecule has 0 heterocycles. The SMILES string of the molecule is CCNC(=NCCCNc1ccccc1)NC1CC1C.I. The van der Waals surface area contributed by atoms with Crippen molar-refractivity contribution in [1.29, 1.82) is 0 Å². The highest BCUT2D eigenvalue weighted by atomic mass is 127. The van der Waals surface area contributed by atoms with Crippen molar-refractivity contribution >= 4 is 35.6 Å². The average molecular weight is 402 g/mol. The number of rotatable bonds is 7. The van der Waals surface area contributed by atoms with E-state index in [0.29, 0.717) is 6.04 Å². The van der Waals surface area contributed by atoms with Crippen LogP contribution in [0.5, 0.6) is 0 Å². The maximum absolute atomic E-state index is 4.61. The third-order valence-corrected chi connectivity index (χ3v) is 3.48. The molecule has 1 aliphatic rings. The highest BCUT2D eigenvalue weighted by Gasteiger charge is 2.33. The fourth-order valence-corrected chi connectivity index (χ4v) is 2.08. The zero-order valence-corrected chi connectivity index (χ0v) is 15.3. The predicted octanol–water partition coefficient (Wildman–Crippen LogP) is 3.07. The summed E-state index contributed by atoms with van der Waals surface area (Å²) < 4.78 is 0. The van der Waals surface area contributed by atoms with Crippen LogP contribution in [0.3, 0.4) is 0 Å². The van der Waals surface area contributed by atoms with Crippen LogP contribution in [0.1, 0.15) is 26.7 Å². The lowest BCUT2D eigenvalue weighted by atomic mass is 10.3. The van der Waals surface area contributed by atoms with Gasteiger partial charge in [0.15, 0.2) is 5.96 Å². The van der Waals surface area contributed by atoms with E-state index < -0.39 is 0 Å². The molecule has 1 fully saturated rings. The summed E-state index contributed by atoms with van der Waals surface area (Å²) >= 11 is 0. The summed E-state index contributed by atoms with van der Waals surface area (Å²) in [6, 6.07) is 10.9. The third-order valence-electron chi connectivity index (χ3n) is 3.48. The van der Waals surface area contributed by atoms with Crippen LogP contribution < -0.4 is 16.0 Å². The Balaban J connectivity index is 0.00000220. The van der Waals surface area contributed by atoms with Crippen molar-refractivity contribution in [3.8, 4) is 0 Å². The van der Waals surface area contributed by atoms with E-state index in [9.17, 15) is 0 Å². The highest BCUT2D eigenvalue weighted by molar-refractivity contribution is 14.0. The zero-order chi connectivity index (χ0) is 14.2. The number of nitrogens with zero attached hydrogens (tertiary/aromatic N) is 1. The van der Waals surface area contributed by atoms with E-state index in [-0.39, 0.29) is 24.0 Å². The second-order valence-electron chi connectivity index (χ2n) is 5.37.